The minimum atomic E-state index is -0.0641. The number of carbonyl (C=O) groups excluding carboxylic acids is 2. The molecule has 1 aliphatic rings. The molecule has 2 heterocycles. The van der Waals surface area contributed by atoms with Gasteiger partial charge in [0.25, 0.3) is 0 Å². The Hall–Kier alpha value is -4.25. The standard InChI is InChI=1S/C14H8O2.C11H7N3/c15-13-9-5-1-2-6-10(9)14(16)12-8-4-3-7-11(12)13;1-2-8-3-4-10-9(5-7-12-10)11(8)14-13-6-1/h1-8H;1-7H. The first-order valence-electron chi connectivity index (χ1n) is 9.46. The number of benzene rings is 3. The van der Waals surface area contributed by atoms with Crippen LogP contribution in [0.15, 0.2) is 91.3 Å². The number of rotatable bonds is 0. The van der Waals surface area contributed by atoms with Crippen molar-refractivity contribution in [2.75, 3.05) is 0 Å². The van der Waals surface area contributed by atoms with Crippen molar-refractivity contribution in [1.29, 1.82) is 0 Å². The maximum atomic E-state index is 12.1. The Morgan fingerprint density at radius 3 is 1.77 bits per heavy atom. The van der Waals surface area contributed by atoms with E-state index in [4.69, 9.17) is 0 Å². The van der Waals surface area contributed by atoms with Gasteiger partial charge in [0, 0.05) is 45.4 Å². The molecule has 0 saturated carbocycles. The van der Waals surface area contributed by atoms with Crippen LogP contribution in [-0.4, -0.2) is 26.7 Å². The van der Waals surface area contributed by atoms with Gasteiger partial charge in [-0.25, -0.2) is 0 Å². The summed E-state index contributed by atoms with van der Waals surface area (Å²) in [6.07, 6.45) is 3.47. The molecule has 0 saturated heterocycles. The summed E-state index contributed by atoms with van der Waals surface area (Å²) < 4.78 is 0. The number of hydrogen-bond donors (Lipinski definition) is 0. The maximum absolute atomic E-state index is 12.1. The highest BCUT2D eigenvalue weighted by atomic mass is 16.1. The van der Waals surface area contributed by atoms with Crippen molar-refractivity contribution < 1.29 is 9.59 Å². The second-order valence-electron chi connectivity index (χ2n) is 6.85. The number of hydrogen-bond acceptors (Lipinski definition) is 5. The summed E-state index contributed by atoms with van der Waals surface area (Å²) in [6.45, 7) is 0. The molecule has 5 aromatic rings. The molecule has 0 radical (unpaired) electrons. The summed E-state index contributed by atoms with van der Waals surface area (Å²) in [5.74, 6) is -0.128. The van der Waals surface area contributed by atoms with Crippen LogP contribution in [0.25, 0.3) is 21.8 Å². The molecule has 0 N–H and O–H groups in total. The summed E-state index contributed by atoms with van der Waals surface area (Å²) in [6, 6.07) is 23.8. The number of ketones is 2. The molecule has 0 spiro atoms. The van der Waals surface area contributed by atoms with Crippen LogP contribution >= 0.6 is 0 Å². The Labute approximate surface area is 172 Å². The first kappa shape index (κ1) is 17.8. The predicted molar refractivity (Wildman–Crippen MR) is 115 cm³/mol. The minimum absolute atomic E-state index is 0.0641. The molecule has 30 heavy (non-hydrogen) atoms. The van der Waals surface area contributed by atoms with E-state index in [1.165, 1.54) is 0 Å². The molecule has 0 fully saturated rings. The molecule has 0 bridgehead atoms. The number of aromatic nitrogens is 3. The van der Waals surface area contributed by atoms with E-state index in [9.17, 15) is 9.59 Å². The molecule has 1 aliphatic carbocycles. The molecule has 2 aromatic heterocycles. The van der Waals surface area contributed by atoms with Crippen LogP contribution in [0, 0.1) is 0 Å². The summed E-state index contributed by atoms with van der Waals surface area (Å²) >= 11 is 0. The van der Waals surface area contributed by atoms with E-state index in [2.05, 4.69) is 15.2 Å². The topological polar surface area (TPSA) is 72.8 Å². The van der Waals surface area contributed by atoms with Gasteiger partial charge in [0.05, 0.1) is 5.52 Å². The van der Waals surface area contributed by atoms with Gasteiger partial charge in [-0.15, -0.1) is 5.10 Å². The zero-order chi connectivity index (χ0) is 20.5. The van der Waals surface area contributed by atoms with Crippen molar-refractivity contribution >= 4 is 33.4 Å². The van der Waals surface area contributed by atoms with Gasteiger partial charge in [0.1, 0.15) is 5.52 Å². The number of carbonyl (C=O) groups is 2. The highest BCUT2D eigenvalue weighted by molar-refractivity contribution is 6.28. The maximum Gasteiger partial charge on any atom is 0.194 e. The van der Waals surface area contributed by atoms with Crippen LogP contribution in [0.2, 0.25) is 0 Å². The first-order chi connectivity index (χ1) is 14.7. The molecule has 0 atom stereocenters. The fraction of sp³-hybridized carbons (Fsp3) is 0. The minimum Gasteiger partial charge on any atom is -0.289 e. The molecule has 3 aromatic carbocycles. The smallest absolute Gasteiger partial charge is 0.194 e. The van der Waals surface area contributed by atoms with Crippen LogP contribution in [0.3, 0.4) is 0 Å². The van der Waals surface area contributed by atoms with Gasteiger partial charge in [0.2, 0.25) is 0 Å². The molecule has 0 amide bonds. The average molecular weight is 389 g/mol. The van der Waals surface area contributed by atoms with Gasteiger partial charge < -0.3 is 0 Å². The van der Waals surface area contributed by atoms with E-state index in [0.29, 0.717) is 22.3 Å². The molecule has 5 nitrogen and oxygen atoms in total. The van der Waals surface area contributed by atoms with Crippen LogP contribution in [0.1, 0.15) is 31.8 Å². The van der Waals surface area contributed by atoms with Crippen molar-refractivity contribution in [3.05, 3.63) is 114 Å². The summed E-state index contributed by atoms with van der Waals surface area (Å²) in [5, 5.41) is 10.2. The first-order valence-corrected chi connectivity index (χ1v) is 9.46. The molecule has 0 aliphatic heterocycles. The quantitative estimate of drug-likeness (QED) is 0.378. The summed E-state index contributed by atoms with van der Waals surface area (Å²) in [7, 11) is 0. The average Bonchev–Trinajstić information content (AvgIpc) is 3.15. The molecular formula is C25H15N3O2. The summed E-state index contributed by atoms with van der Waals surface area (Å²) in [5.41, 5.74) is 3.90. The van der Waals surface area contributed by atoms with Gasteiger partial charge in [-0.2, -0.15) is 5.10 Å². The lowest BCUT2D eigenvalue weighted by atomic mass is 9.84. The zero-order valence-corrected chi connectivity index (χ0v) is 15.8. The van der Waals surface area contributed by atoms with E-state index in [-0.39, 0.29) is 11.6 Å². The second-order valence-corrected chi connectivity index (χ2v) is 6.85. The highest BCUT2D eigenvalue weighted by Crippen LogP contribution is 2.26. The molecule has 0 unspecified atom stereocenters. The number of fused-ring (bicyclic) bond motifs is 5. The van der Waals surface area contributed by atoms with Gasteiger partial charge in [-0.3, -0.25) is 14.6 Å². The second kappa shape index (κ2) is 7.29. The molecular weight excluding hydrogens is 374 g/mol. The fourth-order valence-electron chi connectivity index (χ4n) is 3.65. The third-order valence-electron chi connectivity index (χ3n) is 5.10. The van der Waals surface area contributed by atoms with E-state index in [0.717, 1.165) is 21.8 Å². The Bertz CT molecular complexity index is 1340. The third kappa shape index (κ3) is 2.93. The Morgan fingerprint density at radius 2 is 1.17 bits per heavy atom. The van der Waals surface area contributed by atoms with Crippen LogP contribution in [0.5, 0.6) is 0 Å². The van der Waals surface area contributed by atoms with Crippen LogP contribution in [0.4, 0.5) is 0 Å². The van der Waals surface area contributed by atoms with Crippen molar-refractivity contribution in [3.8, 4) is 0 Å². The van der Waals surface area contributed by atoms with Gasteiger partial charge >= 0.3 is 0 Å². The lowest BCUT2D eigenvalue weighted by Crippen LogP contribution is -2.20. The van der Waals surface area contributed by atoms with E-state index in [1.807, 2.05) is 30.3 Å². The van der Waals surface area contributed by atoms with Crippen molar-refractivity contribution in [3.63, 3.8) is 0 Å². The monoisotopic (exact) mass is 389 g/mol. The predicted octanol–water partition coefficient (Wildman–Crippen LogP) is 4.64. The molecule has 5 heteroatoms. The van der Waals surface area contributed by atoms with Crippen molar-refractivity contribution in [2.45, 2.75) is 0 Å². The zero-order valence-electron chi connectivity index (χ0n) is 15.8. The Kier molecular flexibility index (Phi) is 4.33. The third-order valence-corrected chi connectivity index (χ3v) is 5.10. The van der Waals surface area contributed by atoms with Crippen molar-refractivity contribution in [1.82, 2.24) is 15.2 Å². The SMILES string of the molecule is O=C1c2ccccc2C(=O)c2ccccc21.c1cnnc2c(c1)ccc1nccc12. The normalized spacial score (nSPS) is 12.1. The lowest BCUT2D eigenvalue weighted by Gasteiger charge is -2.16. The van der Waals surface area contributed by atoms with E-state index in [1.54, 1.807) is 60.9 Å². The van der Waals surface area contributed by atoms with Crippen molar-refractivity contribution in [2.24, 2.45) is 0 Å². The van der Waals surface area contributed by atoms with E-state index >= 15 is 0 Å². The number of nitrogens with zero attached hydrogens (tertiary/aromatic N) is 3. The Morgan fingerprint density at radius 1 is 0.567 bits per heavy atom. The lowest BCUT2D eigenvalue weighted by molar-refractivity contribution is 0.0979. The highest BCUT2D eigenvalue weighted by Gasteiger charge is 2.28. The molecule has 142 valence electrons. The van der Waals surface area contributed by atoms with Gasteiger partial charge in [-0.05, 0) is 18.2 Å². The fourth-order valence-corrected chi connectivity index (χ4v) is 3.65. The van der Waals surface area contributed by atoms with Gasteiger partial charge in [0.15, 0.2) is 11.6 Å². The largest absolute Gasteiger partial charge is 0.289 e. The van der Waals surface area contributed by atoms with Crippen LogP contribution < -0.4 is 0 Å². The van der Waals surface area contributed by atoms with E-state index < -0.39 is 0 Å². The summed E-state index contributed by atoms with van der Waals surface area (Å²) in [4.78, 5) is 28.4. The van der Waals surface area contributed by atoms with Crippen LogP contribution in [-0.2, 0) is 0 Å². The Balaban J connectivity index is 0.000000130. The molecule has 6 rings (SSSR count). The van der Waals surface area contributed by atoms with Gasteiger partial charge in [-0.1, -0.05) is 60.7 Å².